The molecule has 0 unspecified atom stereocenters. The average molecular weight is 505 g/mol. The number of benzene rings is 1. The molecule has 2 amide bonds. The first-order valence-electron chi connectivity index (χ1n) is 10.7. The number of carbonyl (C=O) groups is 2. The number of hydrogen-bond donors (Lipinski definition) is 5. The molecular weight excluding hydrogens is 480 g/mol. The molecule has 13 nitrogen and oxygen atoms in total. The van der Waals surface area contributed by atoms with Gasteiger partial charge >= 0.3 is 0 Å². The van der Waals surface area contributed by atoms with Crippen molar-refractivity contribution in [2.24, 2.45) is 5.73 Å². The molecule has 14 heteroatoms. The first-order valence-corrected chi connectivity index (χ1v) is 11.1. The Balaban J connectivity index is 1.56. The van der Waals surface area contributed by atoms with Gasteiger partial charge in [0.05, 0.1) is 12.4 Å². The molecular formula is C21H25ClN8O5. The van der Waals surface area contributed by atoms with Crippen molar-refractivity contribution in [3.63, 3.8) is 0 Å². The van der Waals surface area contributed by atoms with Crippen LogP contribution in [0.15, 0.2) is 30.9 Å². The Morgan fingerprint density at radius 3 is 2.80 bits per heavy atom. The van der Waals surface area contributed by atoms with Crippen LogP contribution < -0.4 is 26.4 Å². The summed E-state index contributed by atoms with van der Waals surface area (Å²) < 4.78 is 12.8. The fraction of sp³-hybridized carbons (Fsp3) is 0.381. The fourth-order valence-electron chi connectivity index (χ4n) is 3.69. The van der Waals surface area contributed by atoms with Crippen LogP contribution in [0, 0.1) is 0 Å². The van der Waals surface area contributed by atoms with E-state index in [2.05, 4.69) is 30.9 Å². The smallest absolute Gasteiger partial charge is 0.257 e. The first kappa shape index (κ1) is 24.6. The van der Waals surface area contributed by atoms with Gasteiger partial charge in [0.25, 0.3) is 11.8 Å². The number of hydrogen-bond acceptors (Lipinski definition) is 10. The molecule has 0 radical (unpaired) electrons. The van der Waals surface area contributed by atoms with Crippen LogP contribution in [0.5, 0.6) is 5.75 Å². The molecule has 3 heterocycles. The number of ether oxygens (including phenoxy) is 2. The number of nitrogens with one attached hydrogen (secondary N) is 3. The number of nitrogens with zero attached hydrogens (tertiary/aromatic N) is 4. The number of imidazole rings is 1. The molecule has 4 rings (SSSR count). The third kappa shape index (κ3) is 4.98. The summed E-state index contributed by atoms with van der Waals surface area (Å²) in [5, 5.41) is 19.2. The number of halogens is 1. The number of aliphatic hydroxyl groups excluding tert-OH is 1. The van der Waals surface area contributed by atoms with Crippen LogP contribution in [0.25, 0.3) is 11.2 Å². The third-order valence-corrected chi connectivity index (χ3v) is 5.80. The first-order chi connectivity index (χ1) is 16.8. The van der Waals surface area contributed by atoms with Gasteiger partial charge in [-0.15, -0.1) is 0 Å². The molecule has 1 aromatic carbocycles. The Morgan fingerprint density at radius 2 is 2.06 bits per heavy atom. The number of fused-ring (bicyclic) bond motifs is 1. The number of amides is 2. The summed E-state index contributed by atoms with van der Waals surface area (Å²) in [6, 6.07) is 4.14. The number of nitrogens with two attached hydrogens (primary N) is 1. The van der Waals surface area contributed by atoms with E-state index in [9.17, 15) is 14.7 Å². The van der Waals surface area contributed by atoms with E-state index in [4.69, 9.17) is 26.8 Å². The average Bonchev–Trinajstić information content (AvgIpc) is 3.42. The summed E-state index contributed by atoms with van der Waals surface area (Å²) in [5.41, 5.74) is 7.48. The van der Waals surface area contributed by atoms with Crippen LogP contribution in [-0.4, -0.2) is 75.4 Å². The Labute approximate surface area is 205 Å². The van der Waals surface area contributed by atoms with Crippen LogP contribution in [0.2, 0.25) is 5.02 Å². The lowest BCUT2D eigenvalue weighted by molar-refractivity contribution is -0.134. The van der Waals surface area contributed by atoms with E-state index in [1.807, 2.05) is 0 Å². The SMILES string of the molecule is CNC(=O)COc1ccc(Cl)cc1CNc1ncnc2c1ncn2[C@@H]1O[C@H](C(=O)NC)[C@@H](N)[C@H]1O. The van der Waals surface area contributed by atoms with E-state index >= 15 is 0 Å². The minimum atomic E-state index is -1.16. The summed E-state index contributed by atoms with van der Waals surface area (Å²) in [6.45, 7) is 0.116. The Morgan fingerprint density at radius 1 is 1.26 bits per heavy atom. The largest absolute Gasteiger partial charge is 0.483 e. The number of aliphatic hydroxyl groups is 1. The second-order valence-electron chi connectivity index (χ2n) is 7.74. The van der Waals surface area contributed by atoms with Gasteiger partial charge in [0.1, 0.15) is 18.2 Å². The summed E-state index contributed by atoms with van der Waals surface area (Å²) in [5.74, 6) is 0.191. The molecule has 4 atom stereocenters. The van der Waals surface area contributed by atoms with Crippen molar-refractivity contribution in [1.29, 1.82) is 0 Å². The van der Waals surface area contributed by atoms with Crippen LogP contribution in [0.4, 0.5) is 5.82 Å². The molecule has 0 spiro atoms. The molecule has 0 saturated carbocycles. The van der Waals surface area contributed by atoms with Crippen molar-refractivity contribution in [2.75, 3.05) is 26.0 Å². The van der Waals surface area contributed by atoms with Gasteiger partial charge in [0, 0.05) is 31.2 Å². The molecule has 186 valence electrons. The van der Waals surface area contributed by atoms with E-state index < -0.39 is 30.4 Å². The van der Waals surface area contributed by atoms with Crippen molar-refractivity contribution in [2.45, 2.75) is 31.0 Å². The number of carbonyl (C=O) groups excluding carboxylic acids is 2. The monoisotopic (exact) mass is 504 g/mol. The van der Waals surface area contributed by atoms with Gasteiger partial charge in [0.15, 0.2) is 35.9 Å². The topological polar surface area (TPSA) is 179 Å². The van der Waals surface area contributed by atoms with Gasteiger partial charge < -0.3 is 36.3 Å². The maximum atomic E-state index is 12.0. The lowest BCUT2D eigenvalue weighted by atomic mass is 10.1. The molecule has 3 aromatic rings. The lowest BCUT2D eigenvalue weighted by Crippen LogP contribution is -2.46. The maximum absolute atomic E-state index is 12.0. The maximum Gasteiger partial charge on any atom is 0.257 e. The summed E-state index contributed by atoms with van der Waals surface area (Å²) in [7, 11) is 2.99. The van der Waals surface area contributed by atoms with Gasteiger partial charge in [-0.25, -0.2) is 15.0 Å². The number of rotatable bonds is 8. The highest BCUT2D eigenvalue weighted by Crippen LogP contribution is 2.32. The molecule has 6 N–H and O–H groups in total. The van der Waals surface area contributed by atoms with Crippen LogP contribution in [-0.2, 0) is 20.9 Å². The molecule has 1 fully saturated rings. The van der Waals surface area contributed by atoms with Gasteiger partial charge in [-0.3, -0.25) is 14.2 Å². The zero-order valence-corrected chi connectivity index (χ0v) is 19.7. The zero-order chi connectivity index (χ0) is 25.1. The second kappa shape index (κ2) is 10.4. The van der Waals surface area contributed by atoms with Crippen molar-refractivity contribution >= 4 is 40.4 Å². The quantitative estimate of drug-likeness (QED) is 0.269. The molecule has 2 aromatic heterocycles. The highest BCUT2D eigenvalue weighted by atomic mass is 35.5. The highest BCUT2D eigenvalue weighted by molar-refractivity contribution is 6.30. The standard InChI is InChI=1S/C21H25ClN8O5/c1-24-13(31)7-34-12-4-3-11(22)5-10(12)6-26-18-15-19(28-8-27-18)30(9-29-15)21-16(32)14(23)17(35-21)20(33)25-2/h3-5,8-9,14,16-17,21,32H,6-7,23H2,1-2H3,(H,24,31)(H,25,33)(H,26,27,28)/t14-,16+,17-,21+/m0/s1. The van der Waals surface area contributed by atoms with Gasteiger partial charge in [0.2, 0.25) is 0 Å². The van der Waals surface area contributed by atoms with Gasteiger partial charge in [-0.1, -0.05) is 11.6 Å². The highest BCUT2D eigenvalue weighted by Gasteiger charge is 2.46. The Bertz CT molecular complexity index is 1240. The van der Waals surface area contributed by atoms with Gasteiger partial charge in [-0.2, -0.15) is 0 Å². The van der Waals surface area contributed by atoms with Crippen molar-refractivity contribution in [1.82, 2.24) is 30.2 Å². The molecule has 0 aliphatic carbocycles. The van der Waals surface area contributed by atoms with Crippen LogP contribution >= 0.6 is 11.6 Å². The summed E-state index contributed by atoms with van der Waals surface area (Å²) in [4.78, 5) is 36.5. The molecule has 35 heavy (non-hydrogen) atoms. The van der Waals surface area contributed by atoms with Crippen molar-refractivity contribution in [3.8, 4) is 5.75 Å². The minimum absolute atomic E-state index is 0.143. The van der Waals surface area contributed by atoms with Crippen LogP contribution in [0.1, 0.15) is 11.8 Å². The lowest BCUT2D eigenvalue weighted by Gasteiger charge is -2.17. The van der Waals surface area contributed by atoms with Crippen LogP contribution in [0.3, 0.4) is 0 Å². The second-order valence-corrected chi connectivity index (χ2v) is 8.18. The summed E-state index contributed by atoms with van der Waals surface area (Å²) >= 11 is 6.15. The normalized spacial score (nSPS) is 21.6. The minimum Gasteiger partial charge on any atom is -0.483 e. The van der Waals surface area contributed by atoms with E-state index in [1.54, 1.807) is 18.2 Å². The number of anilines is 1. The fourth-order valence-corrected chi connectivity index (χ4v) is 3.88. The van der Waals surface area contributed by atoms with E-state index in [-0.39, 0.29) is 19.1 Å². The predicted molar refractivity (Wildman–Crippen MR) is 126 cm³/mol. The number of aromatic nitrogens is 4. The zero-order valence-electron chi connectivity index (χ0n) is 18.9. The molecule has 1 aliphatic heterocycles. The van der Waals surface area contributed by atoms with Gasteiger partial charge in [-0.05, 0) is 18.2 Å². The third-order valence-electron chi connectivity index (χ3n) is 5.57. The van der Waals surface area contributed by atoms with Crippen molar-refractivity contribution in [3.05, 3.63) is 41.4 Å². The van der Waals surface area contributed by atoms with E-state index in [1.165, 1.54) is 31.3 Å². The number of likely N-dealkylation sites (N-methyl/N-ethyl adjacent to an activating group) is 2. The summed E-state index contributed by atoms with van der Waals surface area (Å²) in [6.07, 6.45) is -0.367. The Hall–Kier alpha value is -3.52. The van der Waals surface area contributed by atoms with Crippen molar-refractivity contribution < 1.29 is 24.2 Å². The Kier molecular flexibility index (Phi) is 7.31. The van der Waals surface area contributed by atoms with E-state index in [0.29, 0.717) is 33.3 Å². The molecule has 1 aliphatic rings. The molecule has 0 bridgehead atoms. The van der Waals surface area contributed by atoms with E-state index in [0.717, 1.165) is 0 Å². The predicted octanol–water partition coefficient (Wildman–Crippen LogP) is -0.452. The molecule has 1 saturated heterocycles.